The van der Waals surface area contributed by atoms with Crippen LogP contribution in [0.2, 0.25) is 0 Å². The molecule has 0 saturated carbocycles. The summed E-state index contributed by atoms with van der Waals surface area (Å²) < 4.78 is 5.75. The summed E-state index contributed by atoms with van der Waals surface area (Å²) in [5.74, 6) is 0.727. The van der Waals surface area contributed by atoms with E-state index in [2.05, 4.69) is 37.9 Å². The van der Waals surface area contributed by atoms with Gasteiger partial charge < -0.3 is 15.0 Å². The maximum Gasteiger partial charge on any atom is 0.0547 e. The highest BCUT2D eigenvalue weighted by molar-refractivity contribution is 4.91. The first kappa shape index (κ1) is 17.2. The lowest BCUT2D eigenvalue weighted by atomic mass is 9.77. The molecule has 3 heteroatoms. The second-order valence-electron chi connectivity index (χ2n) is 8.27. The van der Waals surface area contributed by atoms with E-state index in [1.807, 2.05) is 0 Å². The van der Waals surface area contributed by atoms with Crippen molar-refractivity contribution in [3.8, 4) is 0 Å². The van der Waals surface area contributed by atoms with Gasteiger partial charge in [0.05, 0.1) is 6.61 Å². The van der Waals surface area contributed by atoms with Crippen LogP contribution >= 0.6 is 0 Å². The minimum Gasteiger partial charge on any atom is -0.381 e. The molecule has 2 aliphatic heterocycles. The molecule has 0 radical (unpaired) electrons. The molecule has 0 bridgehead atoms. The first-order chi connectivity index (χ1) is 9.97. The Bertz CT molecular complexity index is 302. The van der Waals surface area contributed by atoms with Gasteiger partial charge in [0.1, 0.15) is 0 Å². The van der Waals surface area contributed by atoms with Gasteiger partial charge in [0.25, 0.3) is 0 Å². The number of ether oxygens (including phenoxy) is 1. The van der Waals surface area contributed by atoms with Crippen molar-refractivity contribution in [1.82, 2.24) is 10.2 Å². The number of hydrogen-bond donors (Lipinski definition) is 1. The maximum absolute atomic E-state index is 5.75. The third-order valence-corrected chi connectivity index (χ3v) is 5.71. The molecular formula is C18H36N2O. The molecule has 21 heavy (non-hydrogen) atoms. The van der Waals surface area contributed by atoms with E-state index in [-0.39, 0.29) is 0 Å². The third kappa shape index (κ3) is 4.94. The number of nitrogens with one attached hydrogen (secondary N) is 1. The van der Waals surface area contributed by atoms with Crippen LogP contribution in [0.4, 0.5) is 0 Å². The van der Waals surface area contributed by atoms with Gasteiger partial charge in [-0.3, -0.25) is 0 Å². The molecule has 0 aromatic rings. The average molecular weight is 296 g/mol. The predicted octanol–water partition coefficient (Wildman–Crippen LogP) is 3.15. The molecule has 3 nitrogen and oxygen atoms in total. The molecule has 0 aliphatic carbocycles. The van der Waals surface area contributed by atoms with Crippen molar-refractivity contribution in [2.45, 2.75) is 53.4 Å². The SMILES string of the molecule is CCC1(C)CCN(CC2(CNCC(C)C)CCOC2)CC1. The summed E-state index contributed by atoms with van der Waals surface area (Å²) in [6.07, 6.45) is 5.27. The molecule has 2 heterocycles. The second kappa shape index (κ2) is 7.43. The van der Waals surface area contributed by atoms with Crippen molar-refractivity contribution in [2.24, 2.45) is 16.7 Å². The van der Waals surface area contributed by atoms with Gasteiger partial charge in [-0.25, -0.2) is 0 Å². The van der Waals surface area contributed by atoms with Crippen LogP contribution < -0.4 is 5.32 Å². The maximum atomic E-state index is 5.75. The van der Waals surface area contributed by atoms with E-state index in [9.17, 15) is 0 Å². The Labute approximate surface area is 131 Å². The molecule has 124 valence electrons. The normalized spacial score (nSPS) is 30.1. The predicted molar refractivity (Wildman–Crippen MR) is 89.6 cm³/mol. The summed E-state index contributed by atoms with van der Waals surface area (Å²) in [5.41, 5.74) is 0.945. The van der Waals surface area contributed by atoms with E-state index < -0.39 is 0 Å². The Kier molecular flexibility index (Phi) is 6.10. The number of rotatable bonds is 7. The molecule has 0 amide bonds. The molecule has 2 aliphatic rings. The van der Waals surface area contributed by atoms with Crippen molar-refractivity contribution in [1.29, 1.82) is 0 Å². The van der Waals surface area contributed by atoms with Crippen LogP contribution in [-0.2, 0) is 4.74 Å². The van der Waals surface area contributed by atoms with Crippen LogP contribution in [-0.4, -0.2) is 50.8 Å². The first-order valence-corrected chi connectivity index (χ1v) is 8.98. The van der Waals surface area contributed by atoms with Gasteiger partial charge in [0.2, 0.25) is 0 Å². The lowest BCUT2D eigenvalue weighted by Crippen LogP contribution is -2.48. The van der Waals surface area contributed by atoms with Gasteiger partial charge in [-0.2, -0.15) is 0 Å². The standard InChI is InChI=1S/C18H36N2O/c1-5-17(4)6-9-20(10-7-17)14-18(8-11-21-15-18)13-19-12-16(2)3/h16,19H,5-15H2,1-4H3. The van der Waals surface area contributed by atoms with E-state index >= 15 is 0 Å². The third-order valence-electron chi connectivity index (χ3n) is 5.71. The average Bonchev–Trinajstić information content (AvgIpc) is 2.90. The highest BCUT2D eigenvalue weighted by Crippen LogP contribution is 2.36. The molecule has 1 unspecified atom stereocenters. The summed E-state index contributed by atoms with van der Waals surface area (Å²) in [5, 5.41) is 3.68. The molecular weight excluding hydrogens is 260 g/mol. The fourth-order valence-corrected chi connectivity index (χ4v) is 3.67. The zero-order chi connectivity index (χ0) is 15.3. The van der Waals surface area contributed by atoms with E-state index in [4.69, 9.17) is 4.74 Å². The van der Waals surface area contributed by atoms with Crippen LogP contribution in [0.5, 0.6) is 0 Å². The highest BCUT2D eigenvalue weighted by atomic mass is 16.5. The molecule has 2 rings (SSSR count). The molecule has 2 saturated heterocycles. The van der Waals surface area contributed by atoms with Gasteiger partial charge in [-0.1, -0.05) is 34.1 Å². The van der Waals surface area contributed by atoms with E-state index in [0.29, 0.717) is 10.8 Å². The van der Waals surface area contributed by atoms with Gasteiger partial charge >= 0.3 is 0 Å². The minimum absolute atomic E-state index is 0.356. The number of likely N-dealkylation sites (tertiary alicyclic amines) is 1. The minimum atomic E-state index is 0.356. The summed E-state index contributed by atoms with van der Waals surface area (Å²) in [7, 11) is 0. The smallest absolute Gasteiger partial charge is 0.0547 e. The van der Waals surface area contributed by atoms with Crippen molar-refractivity contribution in [2.75, 3.05) is 45.9 Å². The zero-order valence-corrected chi connectivity index (χ0v) is 14.7. The summed E-state index contributed by atoms with van der Waals surface area (Å²) in [6.45, 7) is 17.3. The fraction of sp³-hybridized carbons (Fsp3) is 1.00. The molecule has 2 fully saturated rings. The van der Waals surface area contributed by atoms with Gasteiger partial charge in [0.15, 0.2) is 0 Å². The summed E-state index contributed by atoms with van der Waals surface area (Å²) >= 11 is 0. The van der Waals surface area contributed by atoms with Crippen LogP contribution in [0.3, 0.4) is 0 Å². The Balaban J connectivity index is 1.83. The van der Waals surface area contributed by atoms with Gasteiger partial charge in [0, 0.05) is 25.1 Å². The van der Waals surface area contributed by atoms with Crippen molar-refractivity contribution >= 4 is 0 Å². The topological polar surface area (TPSA) is 24.5 Å². The lowest BCUT2D eigenvalue weighted by Gasteiger charge is -2.42. The van der Waals surface area contributed by atoms with Crippen molar-refractivity contribution < 1.29 is 4.74 Å². The Morgan fingerprint density at radius 2 is 1.90 bits per heavy atom. The van der Waals surface area contributed by atoms with E-state index in [0.717, 1.165) is 32.2 Å². The number of nitrogens with zero attached hydrogens (tertiary/aromatic N) is 1. The zero-order valence-electron chi connectivity index (χ0n) is 14.7. The van der Waals surface area contributed by atoms with E-state index in [1.54, 1.807) is 0 Å². The summed E-state index contributed by atoms with van der Waals surface area (Å²) in [6, 6.07) is 0. The second-order valence-corrected chi connectivity index (χ2v) is 8.27. The Morgan fingerprint density at radius 1 is 1.19 bits per heavy atom. The molecule has 1 N–H and O–H groups in total. The Hall–Kier alpha value is -0.120. The Morgan fingerprint density at radius 3 is 2.43 bits per heavy atom. The van der Waals surface area contributed by atoms with E-state index in [1.165, 1.54) is 45.3 Å². The van der Waals surface area contributed by atoms with Crippen LogP contribution in [0.25, 0.3) is 0 Å². The molecule has 1 atom stereocenters. The molecule has 0 spiro atoms. The van der Waals surface area contributed by atoms with Crippen LogP contribution in [0.1, 0.15) is 53.4 Å². The fourth-order valence-electron chi connectivity index (χ4n) is 3.67. The monoisotopic (exact) mass is 296 g/mol. The summed E-state index contributed by atoms with van der Waals surface area (Å²) in [4.78, 5) is 2.70. The largest absolute Gasteiger partial charge is 0.381 e. The highest BCUT2D eigenvalue weighted by Gasteiger charge is 2.38. The lowest BCUT2D eigenvalue weighted by molar-refractivity contribution is 0.0612. The van der Waals surface area contributed by atoms with Gasteiger partial charge in [-0.05, 0) is 50.2 Å². The van der Waals surface area contributed by atoms with Crippen molar-refractivity contribution in [3.63, 3.8) is 0 Å². The number of hydrogen-bond acceptors (Lipinski definition) is 3. The number of piperidine rings is 1. The van der Waals surface area contributed by atoms with Gasteiger partial charge in [-0.15, -0.1) is 0 Å². The quantitative estimate of drug-likeness (QED) is 0.781. The molecule has 0 aromatic heterocycles. The first-order valence-electron chi connectivity index (χ1n) is 8.98. The van der Waals surface area contributed by atoms with Crippen molar-refractivity contribution in [3.05, 3.63) is 0 Å². The molecule has 0 aromatic carbocycles. The van der Waals surface area contributed by atoms with Crippen LogP contribution in [0.15, 0.2) is 0 Å². The van der Waals surface area contributed by atoms with Crippen LogP contribution in [0, 0.1) is 16.7 Å².